The molecular weight excluding hydrogens is 460 g/mol. The van der Waals surface area contributed by atoms with Crippen LogP contribution in [0.5, 0.6) is 0 Å². The summed E-state index contributed by atoms with van der Waals surface area (Å²) in [6.07, 6.45) is 7.60. The lowest BCUT2D eigenvalue weighted by Crippen LogP contribution is -2.38. The van der Waals surface area contributed by atoms with Gasteiger partial charge in [-0.1, -0.05) is 18.1 Å². The number of terminal acetylenes is 1. The summed E-state index contributed by atoms with van der Waals surface area (Å²) >= 11 is 0. The molecular formula is C26H30N6O4. The highest BCUT2D eigenvalue weighted by molar-refractivity contribution is 6.03. The van der Waals surface area contributed by atoms with Gasteiger partial charge in [-0.2, -0.15) is 10.2 Å². The SMILES string of the molecule is C#Cc1cccc(-c2cc(C(=O)Nc3cc([C@H]4CC[C@@H](OC(O)NC(C)C)C4)[nH]n3)n(C)n2)c1C=O. The number of aromatic amines is 1. The summed E-state index contributed by atoms with van der Waals surface area (Å²) in [6, 6.07) is 8.71. The number of benzene rings is 1. The molecule has 188 valence electrons. The number of aromatic nitrogens is 4. The Morgan fingerprint density at radius 1 is 1.36 bits per heavy atom. The average molecular weight is 491 g/mol. The summed E-state index contributed by atoms with van der Waals surface area (Å²) in [4.78, 5) is 24.6. The smallest absolute Gasteiger partial charge is 0.275 e. The monoisotopic (exact) mass is 490 g/mol. The lowest BCUT2D eigenvalue weighted by atomic mass is 10.00. The Bertz CT molecular complexity index is 1290. The van der Waals surface area contributed by atoms with Crippen LogP contribution in [0, 0.1) is 12.3 Å². The number of nitrogens with one attached hydrogen (secondary N) is 3. The Labute approximate surface area is 209 Å². The topological polar surface area (TPSA) is 134 Å². The van der Waals surface area contributed by atoms with Gasteiger partial charge < -0.3 is 15.2 Å². The average Bonchev–Trinajstić information content (AvgIpc) is 3.58. The normalized spacial score (nSPS) is 18.2. The quantitative estimate of drug-likeness (QED) is 0.206. The van der Waals surface area contributed by atoms with Gasteiger partial charge in [0.1, 0.15) is 5.69 Å². The summed E-state index contributed by atoms with van der Waals surface area (Å²) in [5.74, 6) is 2.70. The van der Waals surface area contributed by atoms with Crippen LogP contribution >= 0.6 is 0 Å². The highest BCUT2D eigenvalue weighted by Gasteiger charge is 2.30. The van der Waals surface area contributed by atoms with Gasteiger partial charge in [-0.25, -0.2) is 0 Å². The van der Waals surface area contributed by atoms with Crippen LogP contribution in [0.15, 0.2) is 30.3 Å². The Morgan fingerprint density at radius 2 is 2.17 bits per heavy atom. The lowest BCUT2D eigenvalue weighted by Gasteiger charge is -2.20. The number of amides is 1. The second-order valence-electron chi connectivity index (χ2n) is 9.17. The summed E-state index contributed by atoms with van der Waals surface area (Å²) < 4.78 is 7.13. The second-order valence-corrected chi connectivity index (χ2v) is 9.17. The van der Waals surface area contributed by atoms with E-state index < -0.39 is 6.41 Å². The van der Waals surface area contributed by atoms with E-state index >= 15 is 0 Å². The van der Waals surface area contributed by atoms with E-state index in [4.69, 9.17) is 11.2 Å². The minimum Gasteiger partial charge on any atom is -0.356 e. The van der Waals surface area contributed by atoms with E-state index in [0.717, 1.165) is 25.0 Å². The third kappa shape index (κ3) is 5.54. The van der Waals surface area contributed by atoms with E-state index in [9.17, 15) is 14.7 Å². The molecule has 1 unspecified atom stereocenters. The van der Waals surface area contributed by atoms with Crippen LogP contribution in [-0.2, 0) is 11.8 Å². The summed E-state index contributed by atoms with van der Waals surface area (Å²) in [5, 5.41) is 27.3. The van der Waals surface area contributed by atoms with Crippen molar-refractivity contribution in [3.8, 4) is 23.6 Å². The maximum atomic E-state index is 13.0. The molecule has 36 heavy (non-hydrogen) atoms. The standard InChI is InChI=1S/C26H30N6O4/c1-5-16-7-6-8-19(20(16)14-33)22-12-23(32(4)31-22)25(34)28-24-13-21(29-30-24)17-9-10-18(11-17)36-26(35)27-15(2)3/h1,6-8,12-15,17-18,26-27,35H,9-11H2,2-4H3,(H2,28,29,30,34)/t17-,18+,26?/m0/s1. The molecule has 4 N–H and O–H groups in total. The molecule has 2 heterocycles. The van der Waals surface area contributed by atoms with Gasteiger partial charge in [-0.15, -0.1) is 6.42 Å². The predicted molar refractivity (Wildman–Crippen MR) is 134 cm³/mol. The van der Waals surface area contributed by atoms with Crippen LogP contribution in [-0.4, -0.2) is 55.8 Å². The second kappa shape index (κ2) is 10.9. The van der Waals surface area contributed by atoms with Gasteiger partial charge >= 0.3 is 0 Å². The van der Waals surface area contributed by atoms with Crippen LogP contribution in [0.2, 0.25) is 0 Å². The number of hydrogen-bond donors (Lipinski definition) is 4. The van der Waals surface area contributed by atoms with Crippen molar-refractivity contribution in [2.45, 2.75) is 57.6 Å². The molecule has 10 nitrogen and oxygen atoms in total. The van der Waals surface area contributed by atoms with Crippen molar-refractivity contribution in [2.75, 3.05) is 5.32 Å². The molecule has 1 saturated carbocycles. The zero-order valence-corrected chi connectivity index (χ0v) is 20.5. The van der Waals surface area contributed by atoms with Gasteiger partial charge in [0.25, 0.3) is 5.91 Å². The lowest BCUT2D eigenvalue weighted by molar-refractivity contribution is -0.155. The van der Waals surface area contributed by atoms with Crippen molar-refractivity contribution < 1.29 is 19.4 Å². The van der Waals surface area contributed by atoms with Crippen molar-refractivity contribution in [3.05, 3.63) is 52.8 Å². The van der Waals surface area contributed by atoms with Crippen molar-refractivity contribution in [1.82, 2.24) is 25.3 Å². The number of rotatable bonds is 9. The maximum absolute atomic E-state index is 13.0. The van der Waals surface area contributed by atoms with Crippen molar-refractivity contribution >= 4 is 18.0 Å². The molecule has 1 aromatic carbocycles. The molecule has 1 fully saturated rings. The fraction of sp³-hybridized carbons (Fsp3) is 0.385. The number of aryl methyl sites for hydroxylation is 1. The van der Waals surface area contributed by atoms with Crippen LogP contribution in [0.4, 0.5) is 5.82 Å². The Kier molecular flexibility index (Phi) is 7.64. The first kappa shape index (κ1) is 25.3. The maximum Gasteiger partial charge on any atom is 0.275 e. The van der Waals surface area contributed by atoms with Gasteiger partial charge in [0.05, 0.1) is 11.8 Å². The summed E-state index contributed by atoms with van der Waals surface area (Å²) in [5.41, 5.74) is 3.05. The highest BCUT2D eigenvalue weighted by Crippen LogP contribution is 2.36. The van der Waals surface area contributed by atoms with Crippen molar-refractivity contribution in [3.63, 3.8) is 0 Å². The first-order valence-electron chi connectivity index (χ1n) is 11.8. The molecule has 0 spiro atoms. The van der Waals surface area contributed by atoms with E-state index in [2.05, 4.69) is 31.9 Å². The van der Waals surface area contributed by atoms with Gasteiger partial charge in [0.2, 0.25) is 6.41 Å². The molecule has 0 bridgehead atoms. The van der Waals surface area contributed by atoms with Crippen LogP contribution in [0.1, 0.15) is 71.1 Å². The van der Waals surface area contributed by atoms with Crippen molar-refractivity contribution in [1.29, 1.82) is 0 Å². The molecule has 1 aliphatic rings. The summed E-state index contributed by atoms with van der Waals surface area (Å²) in [6.45, 7) is 3.88. The molecule has 4 rings (SSSR count). The Balaban J connectivity index is 1.42. The minimum absolute atomic E-state index is 0.0605. The van der Waals surface area contributed by atoms with Gasteiger partial charge in [0.15, 0.2) is 12.1 Å². The number of aliphatic hydroxyl groups is 1. The van der Waals surface area contributed by atoms with Gasteiger partial charge in [-0.05, 0) is 45.2 Å². The van der Waals surface area contributed by atoms with E-state index in [1.54, 1.807) is 31.3 Å². The third-order valence-electron chi connectivity index (χ3n) is 6.23. The van der Waals surface area contributed by atoms with E-state index in [-0.39, 0.29) is 24.0 Å². The fourth-order valence-electron chi connectivity index (χ4n) is 4.50. The number of hydrogen-bond acceptors (Lipinski definition) is 7. The molecule has 1 amide bonds. The molecule has 0 saturated heterocycles. The zero-order chi connectivity index (χ0) is 25.8. The first-order chi connectivity index (χ1) is 17.3. The summed E-state index contributed by atoms with van der Waals surface area (Å²) in [7, 11) is 1.65. The Hall–Kier alpha value is -3.78. The number of carbonyl (C=O) groups is 2. The van der Waals surface area contributed by atoms with E-state index in [0.29, 0.717) is 40.2 Å². The number of carbonyl (C=O) groups excluding carboxylic acids is 2. The van der Waals surface area contributed by atoms with Gasteiger partial charge in [-0.3, -0.25) is 24.7 Å². The molecule has 3 atom stereocenters. The number of H-pyrrole nitrogens is 1. The molecule has 0 aliphatic heterocycles. The van der Waals surface area contributed by atoms with Crippen LogP contribution < -0.4 is 10.6 Å². The largest absolute Gasteiger partial charge is 0.356 e. The van der Waals surface area contributed by atoms with E-state index in [1.165, 1.54) is 4.68 Å². The number of aldehydes is 1. The first-order valence-corrected chi connectivity index (χ1v) is 11.8. The molecule has 3 aromatic rings. The number of anilines is 1. The minimum atomic E-state index is -0.995. The molecule has 0 radical (unpaired) electrons. The molecule has 10 heteroatoms. The fourth-order valence-corrected chi connectivity index (χ4v) is 4.50. The molecule has 1 aliphatic carbocycles. The van der Waals surface area contributed by atoms with Crippen LogP contribution in [0.3, 0.4) is 0 Å². The van der Waals surface area contributed by atoms with Crippen molar-refractivity contribution in [2.24, 2.45) is 7.05 Å². The number of aliphatic hydroxyl groups excluding tert-OH is 1. The predicted octanol–water partition coefficient (Wildman–Crippen LogP) is 2.78. The Morgan fingerprint density at radius 3 is 2.89 bits per heavy atom. The zero-order valence-electron chi connectivity index (χ0n) is 20.5. The third-order valence-corrected chi connectivity index (χ3v) is 6.23. The van der Waals surface area contributed by atoms with Crippen LogP contribution in [0.25, 0.3) is 11.3 Å². The van der Waals surface area contributed by atoms with Gasteiger partial charge in [0, 0.05) is 47.5 Å². The number of ether oxygens (including phenoxy) is 1. The molecule has 2 aromatic heterocycles. The number of nitrogens with zero attached hydrogens (tertiary/aromatic N) is 3. The highest BCUT2D eigenvalue weighted by atomic mass is 16.6. The van der Waals surface area contributed by atoms with E-state index in [1.807, 2.05) is 19.9 Å².